The predicted molar refractivity (Wildman–Crippen MR) is 115 cm³/mol. The Labute approximate surface area is 184 Å². The molecule has 1 saturated heterocycles. The summed E-state index contributed by atoms with van der Waals surface area (Å²) in [6.45, 7) is 2.06. The smallest absolute Gasteiger partial charge is 0.332 e. The van der Waals surface area contributed by atoms with Crippen LogP contribution in [0, 0.1) is 5.92 Å². The number of amides is 2. The van der Waals surface area contributed by atoms with Gasteiger partial charge in [0.05, 0.1) is 19.4 Å². The topological polar surface area (TPSA) is 131 Å². The summed E-state index contributed by atoms with van der Waals surface area (Å²) in [4.78, 5) is 40.6. The maximum absolute atomic E-state index is 13.3. The first kappa shape index (κ1) is 23.8. The lowest BCUT2D eigenvalue weighted by molar-refractivity contribution is -0.150. The molecule has 2 amide bonds. The Morgan fingerprint density at radius 2 is 2.19 bits per heavy atom. The minimum atomic E-state index is -1.09. The molecule has 0 aromatic heterocycles. The van der Waals surface area contributed by atoms with E-state index < -0.39 is 35.4 Å². The molecule has 2 heterocycles. The van der Waals surface area contributed by atoms with E-state index in [1.807, 2.05) is 6.08 Å². The van der Waals surface area contributed by atoms with Crippen molar-refractivity contribution in [3.8, 4) is 0 Å². The highest BCUT2D eigenvalue weighted by Crippen LogP contribution is 2.46. The van der Waals surface area contributed by atoms with Crippen LogP contribution in [0.5, 0.6) is 0 Å². The molecule has 1 aliphatic carbocycles. The molecule has 9 nitrogen and oxygen atoms in total. The zero-order valence-corrected chi connectivity index (χ0v) is 18.3. The van der Waals surface area contributed by atoms with Crippen LogP contribution in [0.2, 0.25) is 5.82 Å². The lowest BCUT2D eigenvalue weighted by atomic mass is 9.75. The second-order valence-electron chi connectivity index (χ2n) is 8.69. The fourth-order valence-corrected chi connectivity index (χ4v) is 4.63. The number of hydrogen-bond donors (Lipinski definition) is 3. The number of ether oxygens (including phenoxy) is 1. The molecule has 0 spiro atoms. The number of esters is 1. The van der Waals surface area contributed by atoms with E-state index >= 15 is 0 Å². The molecule has 2 aliphatic heterocycles. The summed E-state index contributed by atoms with van der Waals surface area (Å²) in [5.41, 5.74) is 4.36. The van der Waals surface area contributed by atoms with E-state index in [1.54, 1.807) is 6.92 Å². The van der Waals surface area contributed by atoms with Gasteiger partial charge in [-0.3, -0.25) is 9.59 Å². The summed E-state index contributed by atoms with van der Waals surface area (Å²) in [7, 11) is 0.186. The first-order chi connectivity index (χ1) is 14.9. The number of nitrogens with zero attached hydrogens (tertiary/aromatic N) is 1. The quantitative estimate of drug-likeness (QED) is 0.239. The molecule has 10 heteroatoms. The molecular formula is C21H34BN3O6. The highest BCUT2D eigenvalue weighted by molar-refractivity contribution is 6.37. The van der Waals surface area contributed by atoms with E-state index in [1.165, 1.54) is 4.90 Å². The molecule has 31 heavy (non-hydrogen) atoms. The SMILES string of the molecule is CCOC(=O)[C@@]12C[C@H]1/C=C\CCCCC[C@H](BOCN)C(=O)N1C[C@H](O)C[C@H]1C(=O)N2. The van der Waals surface area contributed by atoms with Crippen molar-refractivity contribution in [2.75, 3.05) is 19.9 Å². The maximum Gasteiger partial charge on any atom is 0.332 e. The van der Waals surface area contributed by atoms with Gasteiger partial charge >= 0.3 is 5.97 Å². The van der Waals surface area contributed by atoms with Crippen LogP contribution in [0.15, 0.2) is 12.2 Å². The van der Waals surface area contributed by atoms with Crippen molar-refractivity contribution in [1.82, 2.24) is 10.2 Å². The summed E-state index contributed by atoms with van der Waals surface area (Å²) in [5.74, 6) is -1.63. The van der Waals surface area contributed by atoms with E-state index in [-0.39, 0.29) is 45.6 Å². The van der Waals surface area contributed by atoms with Crippen molar-refractivity contribution in [3.63, 3.8) is 0 Å². The lowest BCUT2D eigenvalue weighted by Gasteiger charge is -2.29. The van der Waals surface area contributed by atoms with Gasteiger partial charge in [0.1, 0.15) is 11.6 Å². The maximum atomic E-state index is 13.3. The summed E-state index contributed by atoms with van der Waals surface area (Å²) in [6, 6.07) is -0.829. The molecule has 0 aromatic carbocycles. The largest absolute Gasteiger partial charge is 0.464 e. The average Bonchev–Trinajstić information content (AvgIpc) is 3.29. The number of nitrogens with one attached hydrogen (secondary N) is 1. The number of fused-ring (bicyclic) bond motifs is 2. The molecule has 0 bridgehead atoms. The number of allylic oxidation sites excluding steroid dienone is 1. The van der Waals surface area contributed by atoms with E-state index in [0.29, 0.717) is 12.8 Å². The lowest BCUT2D eigenvalue weighted by Crippen LogP contribution is -2.54. The average molecular weight is 435 g/mol. The number of carbonyl (C=O) groups excluding carboxylic acids is 3. The second-order valence-corrected chi connectivity index (χ2v) is 8.69. The highest BCUT2D eigenvalue weighted by Gasteiger charge is 2.62. The number of aliphatic hydroxyl groups excluding tert-OH is 1. The Morgan fingerprint density at radius 1 is 1.39 bits per heavy atom. The molecule has 3 aliphatic rings. The van der Waals surface area contributed by atoms with Gasteiger partial charge in [-0.25, -0.2) is 4.79 Å². The van der Waals surface area contributed by atoms with Crippen LogP contribution in [0.3, 0.4) is 0 Å². The molecular weight excluding hydrogens is 401 g/mol. The monoisotopic (exact) mass is 435 g/mol. The van der Waals surface area contributed by atoms with Crippen LogP contribution >= 0.6 is 0 Å². The first-order valence-electron chi connectivity index (χ1n) is 11.3. The van der Waals surface area contributed by atoms with Gasteiger partial charge in [-0.1, -0.05) is 25.0 Å². The summed E-state index contributed by atoms with van der Waals surface area (Å²) >= 11 is 0. The highest BCUT2D eigenvalue weighted by atomic mass is 16.5. The van der Waals surface area contributed by atoms with Crippen LogP contribution in [0.4, 0.5) is 0 Å². The number of carbonyl (C=O) groups is 3. The van der Waals surface area contributed by atoms with Crippen molar-refractivity contribution >= 4 is 25.3 Å². The standard InChI is InChI=1S/C21H34BN3O6/c1-2-30-20(29)21-11-14(21)8-6-4-3-5-7-9-16(22-31-13-23)19(28)25-12-15(26)10-17(25)18(27)24-21/h6,8,14-17,22,26H,2-5,7,9-13,23H2,1H3,(H,24,27)/b8-6-/t14-,15-,16+,17+,21-/m1/s1. The minimum Gasteiger partial charge on any atom is -0.464 e. The molecule has 1 saturated carbocycles. The fraction of sp³-hybridized carbons (Fsp3) is 0.762. The van der Waals surface area contributed by atoms with E-state index in [4.69, 9.17) is 15.1 Å². The Morgan fingerprint density at radius 3 is 2.94 bits per heavy atom. The van der Waals surface area contributed by atoms with Gasteiger partial charge in [0.25, 0.3) is 7.48 Å². The molecule has 0 aromatic rings. The number of hydrogen-bond acceptors (Lipinski definition) is 7. The van der Waals surface area contributed by atoms with Crippen molar-refractivity contribution in [3.05, 3.63) is 12.2 Å². The van der Waals surface area contributed by atoms with E-state index in [9.17, 15) is 19.5 Å². The third kappa shape index (κ3) is 5.48. The van der Waals surface area contributed by atoms with Crippen LogP contribution in [0.1, 0.15) is 51.9 Å². The fourth-order valence-electron chi connectivity index (χ4n) is 4.63. The number of rotatable bonds is 5. The molecule has 5 atom stereocenters. The summed E-state index contributed by atoms with van der Waals surface area (Å²) < 4.78 is 10.6. The normalized spacial score (nSPS) is 35.1. The summed E-state index contributed by atoms with van der Waals surface area (Å²) in [5, 5.41) is 13.1. The van der Waals surface area contributed by atoms with Gasteiger partial charge in [0.2, 0.25) is 11.8 Å². The molecule has 4 N–H and O–H groups in total. The van der Waals surface area contributed by atoms with Gasteiger partial charge in [-0.15, -0.1) is 0 Å². The van der Waals surface area contributed by atoms with Crippen LogP contribution in [-0.4, -0.2) is 72.8 Å². The van der Waals surface area contributed by atoms with Crippen molar-refractivity contribution in [1.29, 1.82) is 0 Å². The molecule has 0 unspecified atom stereocenters. The van der Waals surface area contributed by atoms with Gasteiger partial charge in [0, 0.05) is 24.7 Å². The zero-order valence-electron chi connectivity index (χ0n) is 18.3. The van der Waals surface area contributed by atoms with Crippen LogP contribution in [0.25, 0.3) is 0 Å². The third-order valence-electron chi connectivity index (χ3n) is 6.44. The Bertz CT molecular complexity index is 705. The second kappa shape index (κ2) is 10.6. The molecule has 0 radical (unpaired) electrons. The third-order valence-corrected chi connectivity index (χ3v) is 6.44. The van der Waals surface area contributed by atoms with Gasteiger partial charge in [0.15, 0.2) is 0 Å². The number of aliphatic hydroxyl groups is 1. The molecule has 3 rings (SSSR count). The van der Waals surface area contributed by atoms with Crippen molar-refractivity contribution < 1.29 is 28.9 Å². The Kier molecular flexibility index (Phi) is 8.13. The van der Waals surface area contributed by atoms with Gasteiger partial charge in [-0.2, -0.15) is 0 Å². The van der Waals surface area contributed by atoms with Gasteiger partial charge < -0.3 is 30.4 Å². The van der Waals surface area contributed by atoms with Crippen LogP contribution in [-0.2, 0) is 23.8 Å². The minimum absolute atomic E-state index is 0.0184. The van der Waals surface area contributed by atoms with Crippen molar-refractivity contribution in [2.45, 2.75) is 75.4 Å². The molecule has 2 fully saturated rings. The van der Waals surface area contributed by atoms with Crippen molar-refractivity contribution in [2.24, 2.45) is 11.7 Å². The summed E-state index contributed by atoms with van der Waals surface area (Å²) in [6.07, 6.45) is 8.20. The van der Waals surface area contributed by atoms with E-state index in [2.05, 4.69) is 11.4 Å². The predicted octanol–water partition coefficient (Wildman–Crippen LogP) is -0.0207. The Balaban J connectivity index is 1.84. The van der Waals surface area contributed by atoms with Crippen LogP contribution < -0.4 is 11.1 Å². The van der Waals surface area contributed by atoms with Gasteiger partial charge in [-0.05, 0) is 32.6 Å². The molecule has 172 valence electrons. The first-order valence-corrected chi connectivity index (χ1v) is 11.3. The van der Waals surface area contributed by atoms with E-state index in [0.717, 1.165) is 25.7 Å². The number of nitrogens with two attached hydrogens (primary N) is 1. The zero-order chi connectivity index (χ0) is 22.4. The Hall–Kier alpha value is -1.91.